The first-order valence-corrected chi connectivity index (χ1v) is 4.55. The number of nitrogens with one attached hydrogen (secondary N) is 1. The van der Waals surface area contributed by atoms with Crippen molar-refractivity contribution in [1.82, 2.24) is 4.98 Å². The molecule has 0 aliphatic rings. The van der Waals surface area contributed by atoms with Crippen molar-refractivity contribution in [2.24, 2.45) is 5.73 Å². The molecule has 0 atom stereocenters. The van der Waals surface area contributed by atoms with Crippen molar-refractivity contribution in [3.05, 3.63) is 34.3 Å². The zero-order chi connectivity index (χ0) is 10.8. The number of oxazole rings is 1. The zero-order valence-corrected chi connectivity index (χ0v) is 7.95. The van der Waals surface area contributed by atoms with E-state index >= 15 is 0 Å². The molecular formula is C10H10N2O3. The van der Waals surface area contributed by atoms with Crippen LogP contribution in [0.5, 0.6) is 0 Å². The highest BCUT2D eigenvalue weighted by molar-refractivity contribution is 5.75. The number of primary amides is 1. The van der Waals surface area contributed by atoms with Crippen LogP contribution in [0.25, 0.3) is 11.1 Å². The Kier molecular flexibility index (Phi) is 2.29. The smallest absolute Gasteiger partial charge is 0.408 e. The Hall–Kier alpha value is -2.04. The number of rotatable bonds is 3. The summed E-state index contributed by atoms with van der Waals surface area (Å²) in [6.45, 7) is 0. The molecule has 0 spiro atoms. The molecular weight excluding hydrogens is 196 g/mol. The average Bonchev–Trinajstić information content (AvgIpc) is 2.53. The normalized spacial score (nSPS) is 10.7. The van der Waals surface area contributed by atoms with Crippen LogP contribution in [-0.2, 0) is 11.2 Å². The van der Waals surface area contributed by atoms with Gasteiger partial charge in [-0.05, 0) is 24.1 Å². The summed E-state index contributed by atoms with van der Waals surface area (Å²) in [5.41, 5.74) is 7.14. The van der Waals surface area contributed by atoms with Crippen molar-refractivity contribution in [2.75, 3.05) is 0 Å². The minimum atomic E-state index is -0.475. The molecule has 5 heteroatoms. The Morgan fingerprint density at radius 1 is 1.47 bits per heavy atom. The first kappa shape index (κ1) is 9.51. The van der Waals surface area contributed by atoms with Gasteiger partial charge in [0.2, 0.25) is 5.91 Å². The molecule has 0 aliphatic heterocycles. The lowest BCUT2D eigenvalue weighted by molar-refractivity contribution is -0.117. The molecule has 0 bridgehead atoms. The quantitative estimate of drug-likeness (QED) is 0.768. The summed E-state index contributed by atoms with van der Waals surface area (Å²) in [7, 11) is 0. The van der Waals surface area contributed by atoms with Gasteiger partial charge in [-0.1, -0.05) is 6.07 Å². The second-order valence-corrected chi connectivity index (χ2v) is 3.31. The van der Waals surface area contributed by atoms with E-state index in [9.17, 15) is 9.59 Å². The highest BCUT2D eigenvalue weighted by Gasteiger charge is 2.03. The third-order valence-electron chi connectivity index (χ3n) is 2.14. The summed E-state index contributed by atoms with van der Waals surface area (Å²) in [4.78, 5) is 24.0. The van der Waals surface area contributed by atoms with Gasteiger partial charge < -0.3 is 10.2 Å². The highest BCUT2D eigenvalue weighted by atomic mass is 16.4. The number of aromatic nitrogens is 1. The van der Waals surface area contributed by atoms with Crippen molar-refractivity contribution < 1.29 is 9.21 Å². The number of H-pyrrole nitrogens is 1. The van der Waals surface area contributed by atoms with Crippen LogP contribution < -0.4 is 11.5 Å². The lowest BCUT2D eigenvalue weighted by atomic mass is 10.1. The number of hydrogen-bond acceptors (Lipinski definition) is 3. The Balaban J connectivity index is 2.30. The van der Waals surface area contributed by atoms with E-state index in [4.69, 9.17) is 10.2 Å². The van der Waals surface area contributed by atoms with Crippen LogP contribution in [-0.4, -0.2) is 10.9 Å². The number of benzene rings is 1. The molecule has 0 radical (unpaired) electrons. The van der Waals surface area contributed by atoms with Gasteiger partial charge in [-0.15, -0.1) is 0 Å². The fourth-order valence-electron chi connectivity index (χ4n) is 1.42. The average molecular weight is 206 g/mol. The van der Waals surface area contributed by atoms with Crippen LogP contribution in [0, 0.1) is 0 Å². The summed E-state index contributed by atoms with van der Waals surface area (Å²) in [6, 6.07) is 5.29. The van der Waals surface area contributed by atoms with E-state index < -0.39 is 5.76 Å². The van der Waals surface area contributed by atoms with Gasteiger partial charge in [-0.3, -0.25) is 9.78 Å². The van der Waals surface area contributed by atoms with Gasteiger partial charge in [0, 0.05) is 6.42 Å². The Morgan fingerprint density at radius 2 is 2.27 bits per heavy atom. The Morgan fingerprint density at radius 3 is 3.00 bits per heavy atom. The summed E-state index contributed by atoms with van der Waals surface area (Å²) in [5, 5.41) is 0. The molecule has 3 N–H and O–H groups in total. The Bertz CT molecular complexity index is 553. The highest BCUT2D eigenvalue weighted by Crippen LogP contribution is 2.13. The number of fused-ring (bicyclic) bond motifs is 1. The van der Waals surface area contributed by atoms with Gasteiger partial charge in [0.25, 0.3) is 0 Å². The van der Waals surface area contributed by atoms with Crippen LogP contribution in [0.1, 0.15) is 12.0 Å². The van der Waals surface area contributed by atoms with E-state index in [1.54, 1.807) is 12.1 Å². The van der Waals surface area contributed by atoms with Crippen LogP contribution in [0.4, 0.5) is 0 Å². The van der Waals surface area contributed by atoms with E-state index in [0.717, 1.165) is 5.56 Å². The van der Waals surface area contributed by atoms with Crippen molar-refractivity contribution in [2.45, 2.75) is 12.8 Å². The molecule has 15 heavy (non-hydrogen) atoms. The third-order valence-corrected chi connectivity index (χ3v) is 2.14. The number of amides is 1. The van der Waals surface area contributed by atoms with E-state index in [1.807, 2.05) is 6.07 Å². The molecule has 0 fully saturated rings. The van der Waals surface area contributed by atoms with E-state index in [0.29, 0.717) is 23.9 Å². The van der Waals surface area contributed by atoms with Crippen molar-refractivity contribution in [3.63, 3.8) is 0 Å². The maximum atomic E-state index is 10.9. The van der Waals surface area contributed by atoms with Gasteiger partial charge >= 0.3 is 5.76 Å². The van der Waals surface area contributed by atoms with Gasteiger partial charge in [-0.2, -0.15) is 0 Å². The SMILES string of the molecule is NC(=O)CCc1ccc2oc(=O)[nH]c2c1. The zero-order valence-electron chi connectivity index (χ0n) is 7.95. The molecule has 1 aromatic carbocycles. The summed E-state index contributed by atoms with van der Waals surface area (Å²) in [5.74, 6) is -0.812. The third kappa shape index (κ3) is 2.07. The predicted molar refractivity (Wildman–Crippen MR) is 54.4 cm³/mol. The number of nitrogens with two attached hydrogens (primary N) is 1. The summed E-state index contributed by atoms with van der Waals surface area (Å²) >= 11 is 0. The van der Waals surface area contributed by atoms with Crippen molar-refractivity contribution in [3.8, 4) is 0 Å². The lowest BCUT2D eigenvalue weighted by Gasteiger charge is -1.97. The number of carbonyl (C=O) groups excluding carboxylic acids is 1. The second-order valence-electron chi connectivity index (χ2n) is 3.31. The van der Waals surface area contributed by atoms with Crippen LogP contribution in [0.15, 0.2) is 27.4 Å². The monoisotopic (exact) mass is 206 g/mol. The molecule has 1 heterocycles. The number of hydrogen-bond donors (Lipinski definition) is 2. The number of carbonyl (C=O) groups is 1. The molecule has 0 unspecified atom stereocenters. The van der Waals surface area contributed by atoms with Crippen LogP contribution in [0.3, 0.4) is 0 Å². The Labute approximate surface area is 84.9 Å². The van der Waals surface area contributed by atoms with E-state index in [-0.39, 0.29) is 5.91 Å². The standard InChI is InChI=1S/C10H10N2O3/c11-9(13)4-2-6-1-3-8-7(5-6)12-10(14)15-8/h1,3,5H,2,4H2,(H2,11,13)(H,12,14). The fourth-order valence-corrected chi connectivity index (χ4v) is 1.42. The van der Waals surface area contributed by atoms with E-state index in [1.165, 1.54) is 0 Å². The number of aryl methyl sites for hydroxylation is 1. The van der Waals surface area contributed by atoms with Gasteiger partial charge in [0.15, 0.2) is 5.58 Å². The number of aromatic amines is 1. The summed E-state index contributed by atoms with van der Waals surface area (Å²) < 4.78 is 4.85. The predicted octanol–water partition coefficient (Wildman–Crippen LogP) is 0.539. The molecule has 0 saturated heterocycles. The molecule has 0 aliphatic carbocycles. The maximum Gasteiger partial charge on any atom is 0.417 e. The topological polar surface area (TPSA) is 89.1 Å². The molecule has 2 rings (SSSR count). The fraction of sp³-hybridized carbons (Fsp3) is 0.200. The first-order valence-electron chi connectivity index (χ1n) is 4.55. The molecule has 2 aromatic rings. The molecule has 0 saturated carbocycles. The van der Waals surface area contributed by atoms with Gasteiger partial charge in [0.05, 0.1) is 5.52 Å². The van der Waals surface area contributed by atoms with Crippen LogP contribution in [0.2, 0.25) is 0 Å². The second kappa shape index (κ2) is 3.61. The van der Waals surface area contributed by atoms with Crippen molar-refractivity contribution >= 4 is 17.0 Å². The van der Waals surface area contributed by atoms with Crippen LogP contribution >= 0.6 is 0 Å². The molecule has 1 amide bonds. The van der Waals surface area contributed by atoms with Gasteiger partial charge in [-0.25, -0.2) is 4.79 Å². The summed E-state index contributed by atoms with van der Waals surface area (Å²) in [6.07, 6.45) is 0.867. The largest absolute Gasteiger partial charge is 0.417 e. The minimum Gasteiger partial charge on any atom is -0.408 e. The van der Waals surface area contributed by atoms with Gasteiger partial charge in [0.1, 0.15) is 0 Å². The maximum absolute atomic E-state index is 10.9. The minimum absolute atomic E-state index is 0.299. The molecule has 1 aromatic heterocycles. The molecule has 5 nitrogen and oxygen atoms in total. The lowest BCUT2D eigenvalue weighted by Crippen LogP contribution is -2.11. The van der Waals surface area contributed by atoms with E-state index in [2.05, 4.69) is 4.98 Å². The first-order chi connectivity index (χ1) is 7.15. The molecule has 78 valence electrons. The van der Waals surface area contributed by atoms with Crippen molar-refractivity contribution in [1.29, 1.82) is 0 Å².